The van der Waals surface area contributed by atoms with Crippen molar-refractivity contribution < 1.29 is 31.9 Å². The number of alkyl halides is 3. The number of hydrogen-bond donors (Lipinski definition) is 3. The highest BCUT2D eigenvalue weighted by Gasteiger charge is 2.31. The van der Waals surface area contributed by atoms with Crippen molar-refractivity contribution in [2.75, 3.05) is 62.6 Å². The summed E-state index contributed by atoms with van der Waals surface area (Å²) in [5, 5.41) is 6.43. The maximum atomic E-state index is 15.2. The van der Waals surface area contributed by atoms with Crippen LogP contribution in [0.25, 0.3) is 22.0 Å². The first-order chi connectivity index (χ1) is 26.0. The van der Waals surface area contributed by atoms with Crippen molar-refractivity contribution in [1.82, 2.24) is 19.7 Å². The molecule has 10 nitrogen and oxygen atoms in total. The Kier molecular flexibility index (Phi) is 11.4. The SMILES string of the molecule is NCCCn1cc(-c2ccc(OC(F)(F)F)cc2)c2cc(CN3CCC(CN4CCN(c5ccc(NC6CCC(=O)NC6=O)cc5F)CC4)CC3)ccc21. The van der Waals surface area contributed by atoms with E-state index in [0.717, 1.165) is 100 Å². The Hall–Kier alpha value is -4.66. The summed E-state index contributed by atoms with van der Waals surface area (Å²) in [6, 6.07) is 17.0. The van der Waals surface area contributed by atoms with E-state index in [1.807, 2.05) is 0 Å². The van der Waals surface area contributed by atoms with Crippen LogP contribution in [0.1, 0.15) is 37.7 Å². The Labute approximate surface area is 312 Å². The van der Waals surface area contributed by atoms with Gasteiger partial charge in [-0.15, -0.1) is 13.2 Å². The molecule has 1 aromatic heterocycles. The van der Waals surface area contributed by atoms with Crippen molar-refractivity contribution in [3.63, 3.8) is 0 Å². The number of imide groups is 1. The molecule has 4 heterocycles. The van der Waals surface area contributed by atoms with Gasteiger partial charge in [0, 0.05) is 80.6 Å². The van der Waals surface area contributed by atoms with Gasteiger partial charge in [-0.1, -0.05) is 18.2 Å². The topological polar surface area (TPSA) is 108 Å². The molecular weight excluding hydrogens is 702 g/mol. The van der Waals surface area contributed by atoms with Crippen LogP contribution in [-0.2, 0) is 22.7 Å². The molecule has 2 amide bonds. The molecule has 0 aliphatic carbocycles. The first-order valence-electron chi connectivity index (χ1n) is 18.8. The molecule has 3 saturated heterocycles. The van der Waals surface area contributed by atoms with E-state index in [2.05, 4.69) is 59.0 Å². The van der Waals surface area contributed by atoms with Crippen LogP contribution in [-0.4, -0.2) is 90.9 Å². The number of piperazine rings is 1. The second-order valence-corrected chi connectivity index (χ2v) is 14.6. The highest BCUT2D eigenvalue weighted by Crippen LogP contribution is 2.34. The van der Waals surface area contributed by atoms with Crippen molar-refractivity contribution in [3.8, 4) is 16.9 Å². The van der Waals surface area contributed by atoms with Gasteiger partial charge in [0.05, 0.1) is 5.69 Å². The third-order valence-electron chi connectivity index (χ3n) is 10.8. The molecular formula is C40H47F4N7O3. The Bertz CT molecular complexity index is 1930. The third kappa shape index (κ3) is 9.16. The number of fused-ring (bicyclic) bond motifs is 1. The number of nitrogens with one attached hydrogen (secondary N) is 2. The Balaban J connectivity index is 0.906. The first kappa shape index (κ1) is 37.6. The van der Waals surface area contributed by atoms with Gasteiger partial charge < -0.3 is 25.3 Å². The zero-order valence-corrected chi connectivity index (χ0v) is 30.2. The number of amides is 2. The van der Waals surface area contributed by atoms with Crippen LogP contribution in [0.15, 0.2) is 66.9 Å². The van der Waals surface area contributed by atoms with E-state index in [9.17, 15) is 22.8 Å². The highest BCUT2D eigenvalue weighted by molar-refractivity contribution is 6.01. The van der Waals surface area contributed by atoms with Gasteiger partial charge >= 0.3 is 6.36 Å². The van der Waals surface area contributed by atoms with E-state index in [0.29, 0.717) is 30.3 Å². The monoisotopic (exact) mass is 749 g/mol. The van der Waals surface area contributed by atoms with Crippen molar-refractivity contribution in [2.24, 2.45) is 11.7 Å². The Morgan fingerprint density at radius 2 is 1.65 bits per heavy atom. The fourth-order valence-electron chi connectivity index (χ4n) is 7.96. The van der Waals surface area contributed by atoms with Gasteiger partial charge in [-0.3, -0.25) is 24.7 Å². The van der Waals surface area contributed by atoms with Crippen LogP contribution < -0.4 is 26.0 Å². The van der Waals surface area contributed by atoms with Gasteiger partial charge in [-0.05, 0) is 105 Å². The predicted octanol–water partition coefficient (Wildman–Crippen LogP) is 5.95. The lowest BCUT2D eigenvalue weighted by molar-refractivity contribution is -0.274. The van der Waals surface area contributed by atoms with Crippen LogP contribution in [0, 0.1) is 11.7 Å². The number of aromatic nitrogens is 1. The number of likely N-dealkylation sites (tertiary alicyclic amines) is 1. The standard InChI is InChI=1S/C40H47F4N7O3/c41-34-23-30(46-35-8-11-38(52)47-39(35)53)5-10-37(34)50-20-18-49(19-21-50)24-27-12-16-48(17-13-27)25-28-2-9-36-32(22-28)33(26-51(36)15-1-14-45)29-3-6-31(7-4-29)54-40(42,43)44/h2-7,9-10,22-23,26-27,35,46H,1,8,11-21,24-25,45H2,(H,47,52,53). The number of carbonyl (C=O) groups is 2. The number of aryl methyl sites for hydroxylation is 1. The van der Waals surface area contributed by atoms with E-state index >= 15 is 4.39 Å². The van der Waals surface area contributed by atoms with Crippen molar-refractivity contribution in [3.05, 3.63) is 78.2 Å². The minimum absolute atomic E-state index is 0.245. The number of piperidine rings is 2. The zero-order valence-electron chi connectivity index (χ0n) is 30.2. The number of halogens is 4. The molecule has 7 rings (SSSR count). The maximum Gasteiger partial charge on any atom is 0.573 e. The quantitative estimate of drug-likeness (QED) is 0.121. The van der Waals surface area contributed by atoms with Gasteiger partial charge in [0.1, 0.15) is 17.6 Å². The van der Waals surface area contributed by atoms with Crippen LogP contribution in [0.5, 0.6) is 5.75 Å². The van der Waals surface area contributed by atoms with Gasteiger partial charge in [-0.2, -0.15) is 0 Å². The molecule has 0 spiro atoms. The summed E-state index contributed by atoms with van der Waals surface area (Å²) in [5.41, 5.74) is 10.9. The highest BCUT2D eigenvalue weighted by atomic mass is 19.4. The van der Waals surface area contributed by atoms with Crippen LogP contribution in [0.3, 0.4) is 0 Å². The summed E-state index contributed by atoms with van der Waals surface area (Å²) in [5.74, 6) is -0.651. The fraction of sp³-hybridized carbons (Fsp3) is 0.450. The third-order valence-corrected chi connectivity index (χ3v) is 10.8. The van der Waals surface area contributed by atoms with Crippen LogP contribution in [0.2, 0.25) is 0 Å². The lowest BCUT2D eigenvalue weighted by Gasteiger charge is -2.39. The number of anilines is 2. The summed E-state index contributed by atoms with van der Waals surface area (Å²) < 4.78 is 59.7. The van der Waals surface area contributed by atoms with E-state index in [1.54, 1.807) is 24.3 Å². The molecule has 3 aliphatic rings. The van der Waals surface area contributed by atoms with Gasteiger partial charge in [-0.25, -0.2) is 4.39 Å². The number of nitrogens with zero attached hydrogens (tertiary/aromatic N) is 4. The minimum atomic E-state index is -4.74. The van der Waals surface area contributed by atoms with Gasteiger partial charge in [0.2, 0.25) is 11.8 Å². The number of carbonyl (C=O) groups excluding carboxylic acids is 2. The number of hydrogen-bond acceptors (Lipinski definition) is 8. The van der Waals surface area contributed by atoms with E-state index in [-0.39, 0.29) is 29.8 Å². The minimum Gasteiger partial charge on any atom is -0.406 e. The van der Waals surface area contributed by atoms with Crippen molar-refractivity contribution in [2.45, 2.75) is 57.6 Å². The van der Waals surface area contributed by atoms with Crippen molar-refractivity contribution >= 4 is 34.1 Å². The molecule has 4 aromatic rings. The molecule has 288 valence electrons. The average molecular weight is 750 g/mol. The lowest BCUT2D eigenvalue weighted by Crippen LogP contribution is -2.49. The number of rotatable bonds is 12. The first-order valence-corrected chi connectivity index (χ1v) is 18.8. The van der Waals surface area contributed by atoms with E-state index in [1.165, 1.54) is 23.8 Å². The molecule has 0 bridgehead atoms. The van der Waals surface area contributed by atoms with E-state index in [4.69, 9.17) is 5.73 Å². The smallest absolute Gasteiger partial charge is 0.406 e. The largest absolute Gasteiger partial charge is 0.573 e. The Morgan fingerprint density at radius 3 is 2.33 bits per heavy atom. The second-order valence-electron chi connectivity index (χ2n) is 14.6. The van der Waals surface area contributed by atoms with Crippen LogP contribution >= 0.6 is 0 Å². The molecule has 54 heavy (non-hydrogen) atoms. The summed E-state index contributed by atoms with van der Waals surface area (Å²) in [6.45, 7) is 8.35. The Morgan fingerprint density at radius 1 is 0.889 bits per heavy atom. The molecule has 3 aromatic carbocycles. The average Bonchev–Trinajstić information content (AvgIpc) is 3.50. The predicted molar refractivity (Wildman–Crippen MR) is 201 cm³/mol. The summed E-state index contributed by atoms with van der Waals surface area (Å²) in [7, 11) is 0. The van der Waals surface area contributed by atoms with Crippen molar-refractivity contribution in [1.29, 1.82) is 0 Å². The summed E-state index contributed by atoms with van der Waals surface area (Å²) in [6.07, 6.45) is 0.984. The molecule has 3 aliphatic heterocycles. The molecule has 14 heteroatoms. The number of ether oxygens (including phenoxy) is 1. The second kappa shape index (κ2) is 16.4. The molecule has 0 saturated carbocycles. The maximum absolute atomic E-state index is 15.2. The van der Waals surface area contributed by atoms with Crippen LogP contribution in [0.4, 0.5) is 28.9 Å². The van der Waals surface area contributed by atoms with Gasteiger partial charge in [0.25, 0.3) is 0 Å². The number of nitrogens with two attached hydrogens (primary N) is 1. The fourth-order valence-corrected chi connectivity index (χ4v) is 7.96. The molecule has 3 fully saturated rings. The molecule has 1 atom stereocenters. The molecule has 0 radical (unpaired) electrons. The lowest BCUT2D eigenvalue weighted by atomic mass is 9.95. The number of benzene rings is 3. The van der Waals surface area contributed by atoms with E-state index < -0.39 is 12.4 Å². The molecule has 1 unspecified atom stereocenters. The zero-order chi connectivity index (χ0) is 37.8. The molecule has 4 N–H and O–H groups in total. The summed E-state index contributed by atoms with van der Waals surface area (Å²) >= 11 is 0. The van der Waals surface area contributed by atoms with Gasteiger partial charge in [0.15, 0.2) is 0 Å². The normalized spacial score (nSPS) is 19.4. The summed E-state index contributed by atoms with van der Waals surface area (Å²) in [4.78, 5) is 30.6.